The van der Waals surface area contributed by atoms with Gasteiger partial charge in [0.25, 0.3) is 0 Å². The van der Waals surface area contributed by atoms with E-state index in [4.69, 9.17) is 0 Å². The number of likely N-dealkylation sites (N-methyl/N-ethyl adjacent to an activating group) is 1. The predicted molar refractivity (Wildman–Crippen MR) is 114 cm³/mol. The van der Waals surface area contributed by atoms with Gasteiger partial charge in [-0.3, -0.25) is 4.99 Å². The first-order valence-corrected chi connectivity index (χ1v) is 10.4. The van der Waals surface area contributed by atoms with E-state index >= 15 is 0 Å². The summed E-state index contributed by atoms with van der Waals surface area (Å²) in [7, 11) is -1.26. The van der Waals surface area contributed by atoms with E-state index in [9.17, 15) is 8.42 Å². The van der Waals surface area contributed by atoms with Gasteiger partial charge < -0.3 is 10.2 Å². The molecule has 0 atom stereocenters. The molecule has 0 amide bonds. The Balaban J connectivity index is 0.00000529. The number of hydrogen-bond donors (Lipinski definition) is 2. The molecule has 1 heterocycles. The van der Waals surface area contributed by atoms with Crippen LogP contribution in [0.3, 0.4) is 0 Å². The number of aliphatic imine (C=N–C) groups is 1. The van der Waals surface area contributed by atoms with Gasteiger partial charge in [0, 0.05) is 30.6 Å². The van der Waals surface area contributed by atoms with Crippen molar-refractivity contribution in [2.24, 2.45) is 4.99 Å². The van der Waals surface area contributed by atoms with Gasteiger partial charge in [-0.15, -0.1) is 35.3 Å². The Hall–Kier alpha value is -0.390. The molecular weight excluding hydrogens is 459 g/mol. The maximum atomic E-state index is 11.4. The first-order valence-electron chi connectivity index (χ1n) is 7.64. The summed E-state index contributed by atoms with van der Waals surface area (Å²) >= 11 is 1.75. The van der Waals surface area contributed by atoms with Gasteiger partial charge in [-0.2, -0.15) is 0 Å². The van der Waals surface area contributed by atoms with Gasteiger partial charge in [0.15, 0.2) is 5.96 Å². The fraction of sp³-hybridized carbons (Fsp3) is 0.667. The Morgan fingerprint density at radius 1 is 1.42 bits per heavy atom. The van der Waals surface area contributed by atoms with E-state index in [1.165, 1.54) is 4.88 Å². The fourth-order valence-corrected chi connectivity index (χ4v) is 3.88. The van der Waals surface area contributed by atoms with Crippen molar-refractivity contribution < 1.29 is 8.42 Å². The summed E-state index contributed by atoms with van der Waals surface area (Å²) in [6.07, 6.45) is 2.13. The van der Waals surface area contributed by atoms with Crippen molar-refractivity contribution in [2.45, 2.75) is 32.7 Å². The van der Waals surface area contributed by atoms with Crippen molar-refractivity contribution in [3.8, 4) is 0 Å². The zero-order valence-corrected chi connectivity index (χ0v) is 19.0. The van der Waals surface area contributed by atoms with E-state index in [1.54, 1.807) is 11.3 Å². The molecule has 0 aliphatic heterocycles. The lowest BCUT2D eigenvalue weighted by atomic mass is 10.1. The second-order valence-corrected chi connectivity index (χ2v) is 8.96. The summed E-state index contributed by atoms with van der Waals surface area (Å²) in [6, 6.07) is 4.18. The number of rotatable bonds is 8. The van der Waals surface area contributed by atoms with Gasteiger partial charge in [0.2, 0.25) is 10.0 Å². The minimum Gasteiger partial charge on any atom is -0.357 e. The van der Waals surface area contributed by atoms with Crippen LogP contribution in [0.25, 0.3) is 0 Å². The molecule has 2 N–H and O–H groups in total. The standard InChI is InChI=1S/C15H28N4O2S2.HI/c1-6-16-14(17-12-15(2,3)18-23(5,20)21)19(4)10-9-13-8-7-11-22-13;/h7-8,11,18H,6,9-10,12H2,1-5H3,(H,16,17);1H. The Labute approximate surface area is 167 Å². The Morgan fingerprint density at radius 2 is 2.08 bits per heavy atom. The van der Waals surface area contributed by atoms with E-state index in [0.29, 0.717) is 6.54 Å². The first kappa shape index (κ1) is 23.6. The number of thiophene rings is 1. The van der Waals surface area contributed by atoms with E-state index < -0.39 is 15.6 Å². The van der Waals surface area contributed by atoms with Crippen molar-refractivity contribution >= 4 is 51.3 Å². The Bertz CT molecular complexity index is 601. The molecule has 0 bridgehead atoms. The van der Waals surface area contributed by atoms with Gasteiger partial charge in [0.1, 0.15) is 0 Å². The molecule has 9 heteroatoms. The molecular formula is C15H29IN4O2S2. The molecule has 1 aromatic heterocycles. The molecule has 0 aliphatic carbocycles. The summed E-state index contributed by atoms with van der Waals surface area (Å²) in [5.74, 6) is 0.785. The van der Waals surface area contributed by atoms with Gasteiger partial charge in [0.05, 0.1) is 12.8 Å². The van der Waals surface area contributed by atoms with Crippen LogP contribution in [-0.2, 0) is 16.4 Å². The average molecular weight is 488 g/mol. The summed E-state index contributed by atoms with van der Waals surface area (Å²) in [5, 5.41) is 5.33. The third kappa shape index (κ3) is 9.80. The third-order valence-electron chi connectivity index (χ3n) is 3.06. The average Bonchev–Trinajstić information content (AvgIpc) is 2.91. The lowest BCUT2D eigenvalue weighted by Gasteiger charge is -2.26. The quantitative estimate of drug-likeness (QED) is 0.334. The highest BCUT2D eigenvalue weighted by atomic mass is 127. The smallest absolute Gasteiger partial charge is 0.209 e. The molecule has 0 spiro atoms. The minimum atomic E-state index is -3.25. The van der Waals surface area contributed by atoms with Crippen LogP contribution in [0.4, 0.5) is 0 Å². The monoisotopic (exact) mass is 488 g/mol. The van der Waals surface area contributed by atoms with Gasteiger partial charge in [-0.05, 0) is 38.6 Å². The second kappa shape index (κ2) is 10.6. The van der Waals surface area contributed by atoms with Crippen LogP contribution in [0.5, 0.6) is 0 Å². The Kier molecular flexibility index (Phi) is 10.4. The molecule has 0 unspecified atom stereocenters. The zero-order valence-electron chi connectivity index (χ0n) is 15.0. The highest BCUT2D eigenvalue weighted by Crippen LogP contribution is 2.10. The lowest BCUT2D eigenvalue weighted by Crippen LogP contribution is -2.47. The van der Waals surface area contributed by atoms with Crippen molar-refractivity contribution in [3.05, 3.63) is 22.4 Å². The van der Waals surface area contributed by atoms with Crippen LogP contribution in [0.1, 0.15) is 25.6 Å². The molecule has 0 radical (unpaired) electrons. The molecule has 140 valence electrons. The van der Waals surface area contributed by atoms with E-state index in [0.717, 1.165) is 31.7 Å². The summed E-state index contributed by atoms with van der Waals surface area (Å²) in [5.41, 5.74) is -0.622. The minimum absolute atomic E-state index is 0. The van der Waals surface area contributed by atoms with E-state index in [2.05, 4.69) is 37.4 Å². The topological polar surface area (TPSA) is 73.8 Å². The molecule has 0 aliphatic rings. The zero-order chi connectivity index (χ0) is 17.5. The van der Waals surface area contributed by atoms with Gasteiger partial charge in [-0.25, -0.2) is 13.1 Å². The van der Waals surface area contributed by atoms with Gasteiger partial charge >= 0.3 is 0 Å². The lowest BCUT2D eigenvalue weighted by molar-refractivity contribution is 0.450. The highest BCUT2D eigenvalue weighted by molar-refractivity contribution is 14.0. The third-order valence-corrected chi connectivity index (χ3v) is 4.92. The highest BCUT2D eigenvalue weighted by Gasteiger charge is 2.22. The van der Waals surface area contributed by atoms with Crippen molar-refractivity contribution in [2.75, 3.05) is 32.9 Å². The van der Waals surface area contributed by atoms with E-state index in [-0.39, 0.29) is 24.0 Å². The molecule has 0 saturated heterocycles. The van der Waals surface area contributed by atoms with Crippen molar-refractivity contribution in [1.29, 1.82) is 0 Å². The first-order chi connectivity index (χ1) is 10.6. The molecule has 0 aromatic carbocycles. The molecule has 6 nitrogen and oxygen atoms in total. The summed E-state index contributed by atoms with van der Waals surface area (Å²) in [4.78, 5) is 7.99. The number of guanidine groups is 1. The van der Waals surface area contributed by atoms with Crippen LogP contribution >= 0.6 is 35.3 Å². The van der Waals surface area contributed by atoms with Crippen molar-refractivity contribution in [3.63, 3.8) is 0 Å². The summed E-state index contributed by atoms with van der Waals surface area (Å²) in [6.45, 7) is 7.65. The predicted octanol–water partition coefficient (Wildman–Crippen LogP) is 2.13. The molecule has 0 saturated carbocycles. The number of halogens is 1. The van der Waals surface area contributed by atoms with Crippen LogP contribution in [0.2, 0.25) is 0 Å². The van der Waals surface area contributed by atoms with Crippen LogP contribution < -0.4 is 10.0 Å². The fourth-order valence-electron chi connectivity index (χ4n) is 2.12. The van der Waals surface area contributed by atoms with Gasteiger partial charge in [-0.1, -0.05) is 6.07 Å². The Morgan fingerprint density at radius 3 is 2.58 bits per heavy atom. The molecule has 1 aromatic rings. The van der Waals surface area contributed by atoms with E-state index in [1.807, 2.05) is 27.8 Å². The molecule has 1 rings (SSSR count). The maximum absolute atomic E-state index is 11.4. The number of hydrogen-bond acceptors (Lipinski definition) is 4. The van der Waals surface area contributed by atoms with Crippen LogP contribution in [-0.4, -0.2) is 57.8 Å². The SMILES string of the molecule is CCNC(=NCC(C)(C)NS(C)(=O)=O)N(C)CCc1cccs1.I. The van der Waals surface area contributed by atoms with Crippen LogP contribution in [0.15, 0.2) is 22.5 Å². The number of nitrogens with one attached hydrogen (secondary N) is 2. The number of nitrogens with zero attached hydrogens (tertiary/aromatic N) is 2. The normalized spacial score (nSPS) is 12.6. The number of sulfonamides is 1. The molecule has 24 heavy (non-hydrogen) atoms. The summed E-state index contributed by atoms with van der Waals surface area (Å²) < 4.78 is 25.4. The largest absolute Gasteiger partial charge is 0.357 e. The van der Waals surface area contributed by atoms with Crippen molar-refractivity contribution in [1.82, 2.24) is 14.9 Å². The van der Waals surface area contributed by atoms with Crippen LogP contribution in [0, 0.1) is 0 Å². The maximum Gasteiger partial charge on any atom is 0.209 e. The molecule has 0 fully saturated rings. The second-order valence-electron chi connectivity index (χ2n) is 6.18.